The molecule has 0 atom stereocenters. The zero-order valence-corrected chi connectivity index (χ0v) is 20.2. The summed E-state index contributed by atoms with van der Waals surface area (Å²) < 4.78 is 31.8. The van der Waals surface area contributed by atoms with Crippen LogP contribution in [0.2, 0.25) is 0 Å². The lowest BCUT2D eigenvalue weighted by Gasteiger charge is -2.12. The summed E-state index contributed by atoms with van der Waals surface area (Å²) >= 11 is 2.56. The fourth-order valence-electron chi connectivity index (χ4n) is 2.55. The summed E-state index contributed by atoms with van der Waals surface area (Å²) in [6.45, 7) is 2.47. The average molecular weight is 494 g/mol. The van der Waals surface area contributed by atoms with Crippen molar-refractivity contribution in [2.75, 3.05) is 37.1 Å². The minimum absolute atomic E-state index is 0.106. The first-order chi connectivity index (χ1) is 15.3. The van der Waals surface area contributed by atoms with Crippen molar-refractivity contribution >= 4 is 55.5 Å². The van der Waals surface area contributed by atoms with Crippen LogP contribution in [0.4, 0.5) is 16.5 Å². The molecule has 0 saturated heterocycles. The number of benzene rings is 2. The molecule has 0 saturated carbocycles. The molecule has 2 N–H and O–H groups in total. The summed E-state index contributed by atoms with van der Waals surface area (Å²) in [6, 6.07) is 13.7. The number of carbonyl (C=O) groups excluding carboxylic acids is 1. The molecule has 9 nitrogen and oxygen atoms in total. The molecule has 0 spiro atoms. The highest BCUT2D eigenvalue weighted by molar-refractivity contribution is 8.01. The summed E-state index contributed by atoms with van der Waals surface area (Å²) in [4.78, 5) is 12.4. The maximum Gasteiger partial charge on any atom is 0.242 e. The fourth-order valence-corrected chi connectivity index (χ4v) is 5.07. The van der Waals surface area contributed by atoms with Crippen molar-refractivity contribution in [2.45, 2.75) is 16.2 Å². The van der Waals surface area contributed by atoms with Gasteiger partial charge in [-0.3, -0.25) is 4.79 Å². The summed E-state index contributed by atoms with van der Waals surface area (Å²) in [5.41, 5.74) is 1.19. The van der Waals surface area contributed by atoms with Crippen LogP contribution in [-0.4, -0.2) is 55.3 Å². The third kappa shape index (κ3) is 6.19. The third-order valence-electron chi connectivity index (χ3n) is 4.06. The van der Waals surface area contributed by atoms with E-state index >= 15 is 0 Å². The molecule has 0 unspecified atom stereocenters. The second kappa shape index (κ2) is 10.8. The van der Waals surface area contributed by atoms with E-state index in [9.17, 15) is 13.2 Å². The van der Waals surface area contributed by atoms with Gasteiger partial charge in [0.05, 0.1) is 22.9 Å². The molecule has 0 bridgehead atoms. The van der Waals surface area contributed by atoms with Crippen molar-refractivity contribution in [2.24, 2.45) is 0 Å². The molecule has 1 aromatic heterocycles. The number of carbonyl (C=O) groups is 1. The first-order valence-electron chi connectivity index (χ1n) is 9.57. The number of hydrogen-bond acceptors (Lipinski definition) is 9. The molecular formula is C20H23N5O4S3. The van der Waals surface area contributed by atoms with E-state index in [0.717, 1.165) is 15.7 Å². The van der Waals surface area contributed by atoms with Crippen molar-refractivity contribution in [1.29, 1.82) is 0 Å². The van der Waals surface area contributed by atoms with Crippen LogP contribution in [-0.2, 0) is 14.8 Å². The molecular weight excluding hydrogens is 470 g/mol. The van der Waals surface area contributed by atoms with Crippen molar-refractivity contribution in [3.8, 4) is 5.75 Å². The molecule has 1 amide bonds. The van der Waals surface area contributed by atoms with Gasteiger partial charge in [-0.2, -0.15) is 0 Å². The first-order valence-corrected chi connectivity index (χ1v) is 12.8. The van der Waals surface area contributed by atoms with Crippen molar-refractivity contribution in [3.05, 3.63) is 48.5 Å². The lowest BCUT2D eigenvalue weighted by molar-refractivity contribution is -0.113. The topological polar surface area (TPSA) is 114 Å². The van der Waals surface area contributed by atoms with Gasteiger partial charge in [0.25, 0.3) is 0 Å². The molecule has 2 aromatic carbocycles. The number of nitrogens with zero attached hydrogens (tertiary/aromatic N) is 3. The van der Waals surface area contributed by atoms with Crippen molar-refractivity contribution < 1.29 is 17.9 Å². The van der Waals surface area contributed by atoms with Crippen LogP contribution in [0.25, 0.3) is 0 Å². The van der Waals surface area contributed by atoms with E-state index in [0.29, 0.717) is 21.8 Å². The van der Waals surface area contributed by atoms with Gasteiger partial charge < -0.3 is 15.4 Å². The van der Waals surface area contributed by atoms with Gasteiger partial charge in [-0.05, 0) is 37.3 Å². The van der Waals surface area contributed by atoms with Gasteiger partial charge in [0.15, 0.2) is 4.34 Å². The van der Waals surface area contributed by atoms with Crippen molar-refractivity contribution in [1.82, 2.24) is 14.5 Å². The molecule has 0 aliphatic heterocycles. The van der Waals surface area contributed by atoms with Gasteiger partial charge in [-0.25, -0.2) is 12.7 Å². The Balaban J connectivity index is 1.57. The Bertz CT molecular complexity index is 1180. The van der Waals surface area contributed by atoms with E-state index in [1.807, 2.05) is 31.2 Å². The minimum atomic E-state index is -3.58. The Morgan fingerprint density at radius 3 is 2.69 bits per heavy atom. The predicted octanol–water partition coefficient (Wildman–Crippen LogP) is 3.66. The Morgan fingerprint density at radius 2 is 1.94 bits per heavy atom. The molecule has 0 aliphatic rings. The number of nitrogens with one attached hydrogen (secondary N) is 2. The standard InChI is InChI=1S/C20H23N5O4S3/c1-4-29-17-11-6-5-10-16(17)22-19-23-24-20(31-19)30-13-18(26)21-14-8-7-9-15(12-14)32(27,28)25(2)3/h5-12H,4,13H2,1-3H3,(H,21,26)(H,22,23). The van der Waals surface area contributed by atoms with Crippen molar-refractivity contribution in [3.63, 3.8) is 0 Å². The number of amides is 1. The SMILES string of the molecule is CCOc1ccccc1Nc1nnc(SCC(=O)Nc2cccc(S(=O)(=O)N(C)C)c2)s1. The second-order valence-corrected chi connectivity index (χ2v) is 10.9. The van der Waals surface area contributed by atoms with Gasteiger partial charge in [0.1, 0.15) is 5.75 Å². The van der Waals surface area contributed by atoms with E-state index in [2.05, 4.69) is 20.8 Å². The van der Waals surface area contributed by atoms with E-state index in [4.69, 9.17) is 4.74 Å². The van der Waals surface area contributed by atoms with E-state index < -0.39 is 10.0 Å². The van der Waals surface area contributed by atoms with Crippen LogP contribution in [0.3, 0.4) is 0 Å². The number of hydrogen-bond donors (Lipinski definition) is 2. The molecule has 170 valence electrons. The number of aromatic nitrogens is 2. The molecule has 1 heterocycles. The van der Waals surface area contributed by atoms with Crippen LogP contribution >= 0.6 is 23.1 Å². The smallest absolute Gasteiger partial charge is 0.242 e. The highest BCUT2D eigenvalue weighted by Gasteiger charge is 2.18. The normalized spacial score (nSPS) is 11.4. The van der Waals surface area contributed by atoms with Gasteiger partial charge >= 0.3 is 0 Å². The summed E-state index contributed by atoms with van der Waals surface area (Å²) in [5, 5.41) is 14.7. The summed E-state index contributed by atoms with van der Waals surface area (Å²) in [6.07, 6.45) is 0. The highest BCUT2D eigenvalue weighted by atomic mass is 32.2. The van der Waals surface area contributed by atoms with Gasteiger partial charge in [0.2, 0.25) is 21.1 Å². The Labute approximate surface area is 195 Å². The molecule has 0 radical (unpaired) electrons. The van der Waals surface area contributed by atoms with Gasteiger partial charge in [-0.1, -0.05) is 41.3 Å². The van der Waals surface area contributed by atoms with E-state index in [1.165, 1.54) is 49.3 Å². The minimum Gasteiger partial charge on any atom is -0.492 e. The largest absolute Gasteiger partial charge is 0.492 e. The molecule has 3 rings (SSSR count). The molecule has 3 aromatic rings. The predicted molar refractivity (Wildman–Crippen MR) is 127 cm³/mol. The monoisotopic (exact) mass is 493 g/mol. The Hall–Kier alpha value is -2.67. The van der Waals surface area contributed by atoms with Crippen LogP contribution in [0.1, 0.15) is 6.92 Å². The van der Waals surface area contributed by atoms with E-state index in [-0.39, 0.29) is 16.6 Å². The maximum atomic E-state index is 12.3. The number of para-hydroxylation sites is 2. The quantitative estimate of drug-likeness (QED) is 0.412. The zero-order chi connectivity index (χ0) is 23.1. The Kier molecular flexibility index (Phi) is 8.07. The number of sulfonamides is 1. The van der Waals surface area contributed by atoms with Crippen LogP contribution < -0.4 is 15.4 Å². The molecule has 0 aliphatic carbocycles. The van der Waals surface area contributed by atoms with Crippen LogP contribution in [0.5, 0.6) is 5.75 Å². The van der Waals surface area contributed by atoms with Gasteiger partial charge in [-0.15, -0.1) is 10.2 Å². The molecule has 12 heteroatoms. The maximum absolute atomic E-state index is 12.3. The lowest BCUT2D eigenvalue weighted by Crippen LogP contribution is -2.22. The summed E-state index contributed by atoms with van der Waals surface area (Å²) in [7, 11) is -0.664. The highest BCUT2D eigenvalue weighted by Crippen LogP contribution is 2.31. The molecule has 0 fully saturated rings. The van der Waals surface area contributed by atoms with Crippen LogP contribution in [0, 0.1) is 0 Å². The number of ether oxygens (including phenoxy) is 1. The number of rotatable bonds is 10. The van der Waals surface area contributed by atoms with E-state index in [1.54, 1.807) is 12.1 Å². The number of thioether (sulfide) groups is 1. The zero-order valence-electron chi connectivity index (χ0n) is 17.7. The second-order valence-electron chi connectivity index (χ2n) is 6.58. The Morgan fingerprint density at radius 1 is 1.16 bits per heavy atom. The average Bonchev–Trinajstić information content (AvgIpc) is 3.21. The fraction of sp³-hybridized carbons (Fsp3) is 0.250. The van der Waals surface area contributed by atoms with Crippen LogP contribution in [0.15, 0.2) is 57.8 Å². The molecule has 32 heavy (non-hydrogen) atoms. The van der Waals surface area contributed by atoms with Gasteiger partial charge in [0, 0.05) is 19.8 Å². The lowest BCUT2D eigenvalue weighted by atomic mass is 10.3. The first kappa shape index (κ1) is 24.0. The number of anilines is 3. The summed E-state index contributed by atoms with van der Waals surface area (Å²) in [5.74, 6) is 0.549. The third-order valence-corrected chi connectivity index (χ3v) is 7.84.